The molecule has 2 atom stereocenters. The molecule has 22 heavy (non-hydrogen) atoms. The molecule has 3 heterocycles. The molecule has 5 nitrogen and oxygen atoms in total. The van der Waals surface area contributed by atoms with Gasteiger partial charge >= 0.3 is 0 Å². The zero-order valence-electron chi connectivity index (χ0n) is 12.8. The summed E-state index contributed by atoms with van der Waals surface area (Å²) in [5.74, 6) is 1.31. The molecule has 0 spiro atoms. The van der Waals surface area contributed by atoms with E-state index in [1.165, 1.54) is 4.88 Å². The molecule has 2 aromatic heterocycles. The summed E-state index contributed by atoms with van der Waals surface area (Å²) in [6.45, 7) is 7.48. The van der Waals surface area contributed by atoms with Gasteiger partial charge in [0.2, 0.25) is 0 Å². The zero-order chi connectivity index (χ0) is 15.5. The van der Waals surface area contributed by atoms with Gasteiger partial charge in [-0.1, -0.05) is 18.5 Å². The van der Waals surface area contributed by atoms with E-state index in [9.17, 15) is 0 Å². The van der Waals surface area contributed by atoms with Crippen LogP contribution in [0.1, 0.15) is 23.2 Å². The number of halogens is 1. The minimum absolute atomic E-state index is 0.409. The van der Waals surface area contributed by atoms with E-state index in [0.29, 0.717) is 17.1 Å². The van der Waals surface area contributed by atoms with Crippen LogP contribution in [0.3, 0.4) is 0 Å². The Hall–Kier alpha value is -1.24. The minimum atomic E-state index is 0.409. The second-order valence-corrected chi connectivity index (χ2v) is 7.53. The summed E-state index contributed by atoms with van der Waals surface area (Å²) >= 11 is 7.67. The first-order chi connectivity index (χ1) is 10.6. The quantitative estimate of drug-likeness (QED) is 0.928. The fourth-order valence-electron chi connectivity index (χ4n) is 2.89. The van der Waals surface area contributed by atoms with Gasteiger partial charge < -0.3 is 5.32 Å². The molecule has 1 fully saturated rings. The lowest BCUT2D eigenvalue weighted by molar-refractivity contribution is 0.166. The third-order valence-electron chi connectivity index (χ3n) is 3.98. The molecule has 1 aliphatic rings. The van der Waals surface area contributed by atoms with Crippen molar-refractivity contribution in [2.24, 2.45) is 5.92 Å². The van der Waals surface area contributed by atoms with Crippen LogP contribution in [0, 0.1) is 12.8 Å². The smallest absolute Gasteiger partial charge is 0.149 e. The van der Waals surface area contributed by atoms with Crippen LogP contribution in [0.25, 0.3) is 0 Å². The highest BCUT2D eigenvalue weighted by molar-refractivity contribution is 7.11. The predicted octanol–water partition coefficient (Wildman–Crippen LogP) is 3.22. The van der Waals surface area contributed by atoms with E-state index in [4.69, 9.17) is 11.6 Å². The predicted molar refractivity (Wildman–Crippen MR) is 90.4 cm³/mol. The second kappa shape index (κ2) is 6.89. The van der Waals surface area contributed by atoms with Gasteiger partial charge in [-0.3, -0.25) is 9.88 Å². The fourth-order valence-corrected chi connectivity index (χ4v) is 3.88. The number of anilines is 1. The van der Waals surface area contributed by atoms with Crippen LogP contribution < -0.4 is 5.32 Å². The summed E-state index contributed by atoms with van der Waals surface area (Å²) < 4.78 is 0. The third-order valence-corrected chi connectivity index (χ3v) is 5.06. The third kappa shape index (κ3) is 3.94. The van der Waals surface area contributed by atoms with Gasteiger partial charge in [0.15, 0.2) is 0 Å². The lowest BCUT2D eigenvalue weighted by Crippen LogP contribution is -2.44. The number of nitrogens with one attached hydrogen (secondary N) is 1. The summed E-state index contributed by atoms with van der Waals surface area (Å²) in [6, 6.07) is 0.409. The zero-order valence-corrected chi connectivity index (χ0v) is 14.4. The van der Waals surface area contributed by atoms with Crippen LogP contribution in [0.2, 0.25) is 5.15 Å². The average molecular weight is 338 g/mol. The molecule has 0 amide bonds. The summed E-state index contributed by atoms with van der Waals surface area (Å²) in [5.41, 5.74) is 0. The number of aromatic nitrogens is 3. The van der Waals surface area contributed by atoms with E-state index in [-0.39, 0.29) is 0 Å². The van der Waals surface area contributed by atoms with Gasteiger partial charge in [0.25, 0.3) is 0 Å². The first-order valence-electron chi connectivity index (χ1n) is 7.48. The van der Waals surface area contributed by atoms with Gasteiger partial charge in [-0.15, -0.1) is 11.3 Å². The van der Waals surface area contributed by atoms with Crippen LogP contribution in [-0.4, -0.2) is 39.0 Å². The molecule has 7 heteroatoms. The number of thiazole rings is 1. The van der Waals surface area contributed by atoms with Crippen molar-refractivity contribution in [1.82, 2.24) is 19.9 Å². The maximum absolute atomic E-state index is 5.89. The van der Waals surface area contributed by atoms with E-state index in [1.54, 1.807) is 23.7 Å². The van der Waals surface area contributed by atoms with Gasteiger partial charge in [0, 0.05) is 36.8 Å². The topological polar surface area (TPSA) is 53.9 Å². The Morgan fingerprint density at radius 2 is 2.27 bits per heavy atom. The van der Waals surface area contributed by atoms with Gasteiger partial charge in [-0.05, 0) is 19.3 Å². The molecule has 118 valence electrons. The molecule has 0 radical (unpaired) electrons. The molecule has 1 N–H and O–H groups in total. The number of hydrogen-bond acceptors (Lipinski definition) is 6. The first-order valence-corrected chi connectivity index (χ1v) is 8.67. The largest absolute Gasteiger partial charge is 0.366 e. The summed E-state index contributed by atoms with van der Waals surface area (Å²) in [6.07, 6.45) is 6.37. The van der Waals surface area contributed by atoms with Crippen LogP contribution in [-0.2, 0) is 6.54 Å². The van der Waals surface area contributed by atoms with Crippen molar-refractivity contribution in [3.63, 3.8) is 0 Å². The Morgan fingerprint density at radius 3 is 2.95 bits per heavy atom. The van der Waals surface area contributed by atoms with Crippen LogP contribution >= 0.6 is 22.9 Å². The van der Waals surface area contributed by atoms with Crippen molar-refractivity contribution in [2.75, 3.05) is 18.4 Å². The molecule has 3 rings (SSSR count). The molecule has 0 aliphatic carbocycles. The van der Waals surface area contributed by atoms with Gasteiger partial charge in [-0.25, -0.2) is 9.97 Å². The number of nitrogens with zero attached hydrogens (tertiary/aromatic N) is 4. The lowest BCUT2D eigenvalue weighted by Gasteiger charge is -2.37. The Balaban J connectivity index is 1.55. The lowest BCUT2D eigenvalue weighted by atomic mass is 9.94. The molecular formula is C15H20ClN5S. The monoisotopic (exact) mass is 337 g/mol. The Kier molecular flexibility index (Phi) is 4.90. The first kappa shape index (κ1) is 15.6. The van der Waals surface area contributed by atoms with Crippen LogP contribution in [0.4, 0.5) is 5.82 Å². The molecule has 2 aromatic rings. The van der Waals surface area contributed by atoms with E-state index < -0.39 is 0 Å². The molecule has 1 saturated heterocycles. The SMILES string of the molecule is Cc1ncc(CN2CC[C@@H](Nc3cncc(Cl)n3)[C@@H](C)C2)s1. The van der Waals surface area contributed by atoms with Crippen molar-refractivity contribution in [3.8, 4) is 0 Å². The van der Waals surface area contributed by atoms with E-state index in [0.717, 1.165) is 36.9 Å². The van der Waals surface area contributed by atoms with Gasteiger partial charge in [0.05, 0.1) is 17.4 Å². The van der Waals surface area contributed by atoms with Crippen LogP contribution in [0.5, 0.6) is 0 Å². The summed E-state index contributed by atoms with van der Waals surface area (Å²) in [4.78, 5) is 16.5. The van der Waals surface area contributed by atoms with Crippen LogP contribution in [0.15, 0.2) is 18.6 Å². The summed E-state index contributed by atoms with van der Waals surface area (Å²) in [5, 5.41) is 5.03. The Bertz CT molecular complexity index is 632. The maximum Gasteiger partial charge on any atom is 0.149 e. The van der Waals surface area contributed by atoms with Crippen molar-refractivity contribution < 1.29 is 0 Å². The van der Waals surface area contributed by atoms with Crippen molar-refractivity contribution in [2.45, 2.75) is 32.9 Å². The second-order valence-electron chi connectivity index (χ2n) is 5.82. The Morgan fingerprint density at radius 1 is 1.41 bits per heavy atom. The summed E-state index contributed by atoms with van der Waals surface area (Å²) in [7, 11) is 0. The molecule has 1 aliphatic heterocycles. The normalized spacial score (nSPS) is 22.7. The number of aryl methyl sites for hydroxylation is 1. The number of rotatable bonds is 4. The Labute approximate surface area is 139 Å². The highest BCUT2D eigenvalue weighted by Gasteiger charge is 2.26. The van der Waals surface area contributed by atoms with Gasteiger partial charge in [0.1, 0.15) is 11.0 Å². The molecule has 0 bridgehead atoms. The van der Waals surface area contributed by atoms with E-state index >= 15 is 0 Å². The fraction of sp³-hybridized carbons (Fsp3) is 0.533. The van der Waals surface area contributed by atoms with E-state index in [2.05, 4.69) is 39.0 Å². The van der Waals surface area contributed by atoms with Crippen molar-refractivity contribution in [1.29, 1.82) is 0 Å². The molecule has 0 saturated carbocycles. The highest BCUT2D eigenvalue weighted by atomic mass is 35.5. The minimum Gasteiger partial charge on any atom is -0.366 e. The van der Waals surface area contributed by atoms with Gasteiger partial charge in [-0.2, -0.15) is 0 Å². The number of piperidine rings is 1. The number of likely N-dealkylation sites (tertiary alicyclic amines) is 1. The molecular weight excluding hydrogens is 318 g/mol. The van der Waals surface area contributed by atoms with Crippen molar-refractivity contribution >= 4 is 28.8 Å². The average Bonchev–Trinajstić information content (AvgIpc) is 2.87. The van der Waals surface area contributed by atoms with Crippen molar-refractivity contribution in [3.05, 3.63) is 33.6 Å². The van der Waals surface area contributed by atoms with E-state index in [1.807, 2.05) is 6.20 Å². The maximum atomic E-state index is 5.89. The highest BCUT2D eigenvalue weighted by Crippen LogP contribution is 2.23. The standard InChI is InChI=1S/C15H20ClN5S/c1-10-8-21(9-12-5-18-11(2)22-12)4-3-13(10)19-15-7-17-6-14(16)20-15/h5-7,10,13H,3-4,8-9H2,1-2H3,(H,19,20)/t10-,13+/m0/s1. The molecule has 0 unspecified atom stereocenters. The number of hydrogen-bond donors (Lipinski definition) is 1. The molecule has 0 aromatic carbocycles.